The Morgan fingerprint density at radius 3 is 2.29 bits per heavy atom. The number of rotatable bonds is 4. The molecule has 0 saturated carbocycles. The van der Waals surface area contributed by atoms with E-state index < -0.39 is 0 Å². The van der Waals surface area contributed by atoms with Crippen molar-refractivity contribution in [3.8, 4) is 0 Å². The van der Waals surface area contributed by atoms with Gasteiger partial charge in [-0.2, -0.15) is 0 Å². The van der Waals surface area contributed by atoms with Crippen LogP contribution in [-0.4, -0.2) is 34.4 Å². The van der Waals surface area contributed by atoms with Crippen molar-refractivity contribution in [3.63, 3.8) is 0 Å². The summed E-state index contributed by atoms with van der Waals surface area (Å²) in [4.78, 5) is 11.4. The predicted octanol–water partition coefficient (Wildman–Crippen LogP) is 1.92. The topological polar surface area (TPSA) is 65.4 Å². The van der Waals surface area contributed by atoms with E-state index in [2.05, 4.69) is 10.1 Å². The third-order valence-electron chi connectivity index (χ3n) is 1.08. The molecule has 0 aromatic carbocycles. The van der Waals surface area contributed by atoms with Gasteiger partial charge in [0.15, 0.2) is 0 Å². The highest BCUT2D eigenvalue weighted by atomic mass is 32.2. The van der Waals surface area contributed by atoms with Crippen molar-refractivity contribution in [2.75, 3.05) is 18.6 Å². The lowest BCUT2D eigenvalue weighted by molar-refractivity contribution is 0.239. The van der Waals surface area contributed by atoms with E-state index in [9.17, 15) is 4.79 Å². The summed E-state index contributed by atoms with van der Waals surface area (Å²) < 4.78 is 6.04. The van der Waals surface area contributed by atoms with Crippen LogP contribution in [0.2, 0.25) is 0 Å². The minimum Gasteiger partial charge on any atom is -0.468 e. The van der Waals surface area contributed by atoms with Gasteiger partial charge in [0, 0.05) is 11.5 Å². The molecule has 0 fully saturated rings. The number of methoxy groups -OCH3 is 1. The quantitative estimate of drug-likeness (QED) is 0.445. The molecule has 0 aliphatic rings. The molecule has 0 rings (SSSR count). The van der Waals surface area contributed by atoms with Gasteiger partial charge in [-0.15, -0.1) is 0 Å². The van der Waals surface area contributed by atoms with Crippen LogP contribution in [0.3, 0.4) is 0 Å². The zero-order chi connectivity index (χ0) is 11.0. The van der Waals surface area contributed by atoms with Crippen LogP contribution in [-0.2, 0) is 4.74 Å². The molecule has 0 unspecified atom stereocenters. The number of nitrogens with one attached hydrogen (secondary N) is 2. The van der Waals surface area contributed by atoms with Gasteiger partial charge in [0.05, 0.1) is 7.11 Å². The number of urea groups is 1. The van der Waals surface area contributed by atoms with Gasteiger partial charge in [-0.1, -0.05) is 13.8 Å². The summed E-state index contributed by atoms with van der Waals surface area (Å²) in [5.74, 6) is 1.61. The van der Waals surface area contributed by atoms with E-state index in [0.717, 1.165) is 11.5 Å². The molecule has 0 aromatic rings. The van der Waals surface area contributed by atoms with Crippen LogP contribution in [0.4, 0.5) is 4.79 Å². The second-order valence-electron chi connectivity index (χ2n) is 2.06. The highest BCUT2D eigenvalue weighted by Crippen LogP contribution is 2.20. The van der Waals surface area contributed by atoms with Crippen molar-refractivity contribution in [2.24, 2.45) is 0 Å². The summed E-state index contributed by atoms with van der Waals surface area (Å²) in [6.07, 6.45) is 0. The van der Waals surface area contributed by atoms with E-state index >= 15 is 0 Å². The largest absolute Gasteiger partial charge is 0.468 e. The van der Waals surface area contributed by atoms with Crippen molar-refractivity contribution < 1.29 is 9.53 Å². The summed E-state index contributed by atoms with van der Waals surface area (Å²) >= 11 is 2.79. The third-order valence-corrected chi connectivity index (χ3v) is 3.03. The lowest BCUT2D eigenvalue weighted by Gasteiger charge is -2.18. The number of hydrogen-bond donors (Lipinski definition) is 2. The molecular weight excluding hydrogens is 222 g/mol. The normalized spacial score (nSPS) is 9.36. The number of amides is 2. The van der Waals surface area contributed by atoms with Crippen molar-refractivity contribution in [2.45, 2.75) is 13.8 Å². The molecule has 0 atom stereocenters. The highest BCUT2D eigenvalue weighted by molar-refractivity contribution is 8.12. The second kappa shape index (κ2) is 7.81. The second-order valence-corrected chi connectivity index (χ2v) is 4.69. The van der Waals surface area contributed by atoms with Gasteiger partial charge in [0.1, 0.15) is 0 Å². The van der Waals surface area contributed by atoms with Crippen molar-refractivity contribution in [3.05, 3.63) is 0 Å². The zero-order valence-corrected chi connectivity index (χ0v) is 10.1. The molecule has 0 aliphatic heterocycles. The van der Waals surface area contributed by atoms with Crippen LogP contribution < -0.4 is 5.32 Å². The van der Waals surface area contributed by atoms with E-state index in [1.165, 1.54) is 34.7 Å². The molecule has 0 radical (unpaired) electrons. The highest BCUT2D eigenvalue weighted by Gasteiger charge is 2.14. The van der Waals surface area contributed by atoms with Crippen LogP contribution in [0.5, 0.6) is 0 Å². The Hall–Kier alpha value is -0.560. The SMILES string of the molecule is CCSN(SCC)C(=O)NC(=N)OC. The van der Waals surface area contributed by atoms with Crippen LogP contribution in [0, 0.1) is 5.41 Å². The van der Waals surface area contributed by atoms with Gasteiger partial charge in [0.25, 0.3) is 6.02 Å². The number of carbonyl (C=O) groups excluding carboxylic acids is 1. The Morgan fingerprint density at radius 1 is 1.43 bits per heavy atom. The Balaban J connectivity index is 4.06. The molecule has 0 aromatic heterocycles. The molecule has 0 heterocycles. The first-order chi connectivity index (χ1) is 6.65. The van der Waals surface area contributed by atoms with Crippen molar-refractivity contribution in [1.82, 2.24) is 9.03 Å². The predicted molar refractivity (Wildman–Crippen MR) is 61.4 cm³/mol. The fraction of sp³-hybridized carbons (Fsp3) is 0.714. The molecule has 2 amide bonds. The van der Waals surface area contributed by atoms with Gasteiger partial charge in [-0.3, -0.25) is 10.7 Å². The Bertz CT molecular complexity index is 195. The van der Waals surface area contributed by atoms with Crippen molar-refractivity contribution >= 4 is 35.9 Å². The fourth-order valence-electron chi connectivity index (χ4n) is 0.583. The maximum absolute atomic E-state index is 11.4. The molecule has 14 heavy (non-hydrogen) atoms. The number of amidine groups is 1. The van der Waals surface area contributed by atoms with Crippen LogP contribution in [0.15, 0.2) is 0 Å². The third kappa shape index (κ3) is 5.23. The fourth-order valence-corrected chi connectivity index (χ4v) is 2.31. The summed E-state index contributed by atoms with van der Waals surface area (Å²) in [7, 11) is 1.34. The molecule has 0 aliphatic carbocycles. The summed E-state index contributed by atoms with van der Waals surface area (Å²) in [5.41, 5.74) is 0. The number of hydrogen-bond acceptors (Lipinski definition) is 5. The number of ether oxygens (including phenoxy) is 1. The number of nitrogens with zero attached hydrogens (tertiary/aromatic N) is 1. The molecule has 0 bridgehead atoms. The average molecular weight is 237 g/mol. The summed E-state index contributed by atoms with van der Waals surface area (Å²) in [6.45, 7) is 3.92. The van der Waals surface area contributed by atoms with Gasteiger partial charge in [-0.25, -0.2) is 8.51 Å². The first-order valence-electron chi connectivity index (χ1n) is 4.15. The zero-order valence-electron chi connectivity index (χ0n) is 8.49. The van der Waals surface area contributed by atoms with E-state index in [1.807, 2.05) is 13.8 Å². The lowest BCUT2D eigenvalue weighted by atomic mass is 10.9. The van der Waals surface area contributed by atoms with Gasteiger partial charge < -0.3 is 4.74 Å². The average Bonchev–Trinajstić information content (AvgIpc) is 2.17. The molecule has 7 heteroatoms. The molecule has 2 N–H and O–H groups in total. The molecule has 0 spiro atoms. The molecule has 5 nitrogen and oxygen atoms in total. The molecular formula is C7H15N3O2S2. The first kappa shape index (κ1) is 13.4. The Kier molecular flexibility index (Phi) is 7.50. The minimum atomic E-state index is -0.337. The van der Waals surface area contributed by atoms with Gasteiger partial charge in [0.2, 0.25) is 0 Å². The van der Waals surface area contributed by atoms with E-state index in [1.54, 1.807) is 0 Å². The van der Waals surface area contributed by atoms with Crippen LogP contribution >= 0.6 is 23.9 Å². The smallest absolute Gasteiger partial charge is 0.345 e. The first-order valence-corrected chi connectivity index (χ1v) is 6.03. The summed E-state index contributed by atoms with van der Waals surface area (Å²) in [5, 5.41) is 9.43. The van der Waals surface area contributed by atoms with Gasteiger partial charge in [-0.05, 0) is 23.9 Å². The molecule has 0 saturated heterocycles. The number of carbonyl (C=O) groups is 1. The monoisotopic (exact) mass is 237 g/mol. The van der Waals surface area contributed by atoms with Crippen LogP contribution in [0.25, 0.3) is 0 Å². The van der Waals surface area contributed by atoms with E-state index in [-0.39, 0.29) is 12.1 Å². The minimum absolute atomic E-state index is 0.242. The summed E-state index contributed by atoms with van der Waals surface area (Å²) in [6, 6.07) is -0.580. The standard InChI is InChI=1S/C7H15N3O2S2/c1-4-13-10(14-5-2)7(11)9-6(8)12-3/h4-5H2,1-3H3,(H2,8,9,11). The van der Waals surface area contributed by atoms with E-state index in [4.69, 9.17) is 5.41 Å². The van der Waals surface area contributed by atoms with Gasteiger partial charge >= 0.3 is 6.03 Å². The van der Waals surface area contributed by atoms with Crippen molar-refractivity contribution in [1.29, 1.82) is 5.41 Å². The van der Waals surface area contributed by atoms with Crippen LogP contribution in [0.1, 0.15) is 13.8 Å². The lowest BCUT2D eigenvalue weighted by Crippen LogP contribution is -2.36. The maximum atomic E-state index is 11.4. The Morgan fingerprint density at radius 2 is 1.93 bits per heavy atom. The Labute approximate surface area is 92.7 Å². The molecule has 82 valence electrons. The van der Waals surface area contributed by atoms with E-state index in [0.29, 0.717) is 0 Å². The maximum Gasteiger partial charge on any atom is 0.345 e.